The molecule has 4 nitrogen and oxygen atoms in total. The van der Waals surface area contributed by atoms with Gasteiger partial charge in [0.1, 0.15) is 0 Å². The highest BCUT2D eigenvalue weighted by molar-refractivity contribution is 6.38. The van der Waals surface area contributed by atoms with Crippen LogP contribution in [-0.4, -0.2) is 60.6 Å². The number of rotatable bonds is 11. The lowest BCUT2D eigenvalue weighted by Gasteiger charge is -2.43. The van der Waals surface area contributed by atoms with Crippen molar-refractivity contribution in [1.82, 2.24) is 9.80 Å². The van der Waals surface area contributed by atoms with Crippen molar-refractivity contribution in [3.05, 3.63) is 23.8 Å². The van der Waals surface area contributed by atoms with Crippen molar-refractivity contribution < 1.29 is 9.59 Å². The number of carbonyl (C=O) groups is 2. The van der Waals surface area contributed by atoms with E-state index >= 15 is 0 Å². The van der Waals surface area contributed by atoms with Gasteiger partial charge in [0.25, 0.3) is 0 Å². The highest BCUT2D eigenvalue weighted by Crippen LogP contribution is 2.46. The molecule has 3 aliphatic rings. The molecule has 2 aliphatic heterocycles. The number of hydrogen-bond acceptors (Lipinski definition) is 4. The number of unbranched alkanes of at least 4 members (excludes halogenated alkanes) is 1. The summed E-state index contributed by atoms with van der Waals surface area (Å²) < 4.78 is 0. The molecule has 0 bridgehead atoms. The van der Waals surface area contributed by atoms with Gasteiger partial charge in [-0.15, -0.1) is 12.3 Å². The standard InChI is InChI=1S/C30H46N2O2/c1-4-7-10-16-28(33)29(34)27-23-32(21-25(6-3)13-8-5-2)24-30(27)17-19-31(20-18-30)22-26-14-11-9-12-15-26/h1,6,8,13,26-27H,5,7,9-12,14-24H2,2-3H3/b13-8-,25-6+. The van der Waals surface area contributed by atoms with Crippen LogP contribution >= 0.6 is 0 Å². The molecule has 0 N–H and O–H groups in total. The third-order valence-electron chi connectivity index (χ3n) is 8.47. The van der Waals surface area contributed by atoms with Gasteiger partial charge in [0.05, 0.1) is 0 Å². The number of carbonyl (C=O) groups excluding carboxylic acids is 2. The second kappa shape index (κ2) is 13.4. The van der Waals surface area contributed by atoms with Crippen molar-refractivity contribution >= 4 is 11.6 Å². The van der Waals surface area contributed by atoms with Gasteiger partial charge in [-0.2, -0.15) is 0 Å². The monoisotopic (exact) mass is 466 g/mol. The summed E-state index contributed by atoms with van der Waals surface area (Å²) in [4.78, 5) is 31.3. The molecule has 2 saturated heterocycles. The number of Topliss-reactive ketones (excluding diaryl/α,β-unsaturated/α-hetero) is 2. The van der Waals surface area contributed by atoms with E-state index < -0.39 is 0 Å². The minimum absolute atomic E-state index is 0.0603. The minimum Gasteiger partial charge on any atom is -0.303 e. The van der Waals surface area contributed by atoms with Crippen LogP contribution in [0.3, 0.4) is 0 Å². The summed E-state index contributed by atoms with van der Waals surface area (Å²) in [6.07, 6.45) is 23.4. The Kier molecular flexibility index (Phi) is 10.6. The first-order valence-electron chi connectivity index (χ1n) is 13.8. The number of piperidine rings is 1. The molecule has 188 valence electrons. The summed E-state index contributed by atoms with van der Waals surface area (Å²) in [7, 11) is 0. The Balaban J connectivity index is 1.68. The summed E-state index contributed by atoms with van der Waals surface area (Å²) in [6, 6.07) is 0. The van der Waals surface area contributed by atoms with E-state index in [4.69, 9.17) is 6.42 Å². The molecule has 0 aromatic rings. The summed E-state index contributed by atoms with van der Waals surface area (Å²) >= 11 is 0. The largest absolute Gasteiger partial charge is 0.303 e. The van der Waals surface area contributed by atoms with Gasteiger partial charge < -0.3 is 4.90 Å². The third kappa shape index (κ3) is 7.15. The molecule has 2 heterocycles. The Morgan fingerprint density at radius 3 is 2.50 bits per heavy atom. The normalized spacial score (nSPS) is 24.6. The number of terminal acetylenes is 1. The predicted octanol–water partition coefficient (Wildman–Crippen LogP) is 5.43. The molecule has 1 spiro atoms. The molecule has 4 heteroatoms. The second-order valence-corrected chi connectivity index (χ2v) is 10.9. The van der Waals surface area contributed by atoms with Gasteiger partial charge in [-0.25, -0.2) is 0 Å². The zero-order valence-corrected chi connectivity index (χ0v) is 21.7. The van der Waals surface area contributed by atoms with Crippen LogP contribution in [0.25, 0.3) is 0 Å². The fourth-order valence-electron chi connectivity index (χ4n) is 6.41. The van der Waals surface area contributed by atoms with Crippen LogP contribution in [0.4, 0.5) is 0 Å². The van der Waals surface area contributed by atoms with Crippen LogP contribution in [0.1, 0.15) is 84.5 Å². The van der Waals surface area contributed by atoms with Gasteiger partial charge in [0.2, 0.25) is 5.78 Å². The zero-order valence-electron chi connectivity index (χ0n) is 21.7. The van der Waals surface area contributed by atoms with Gasteiger partial charge >= 0.3 is 0 Å². The van der Waals surface area contributed by atoms with Crippen molar-refractivity contribution in [3.8, 4) is 12.3 Å². The van der Waals surface area contributed by atoms with Gasteiger partial charge in [0, 0.05) is 44.9 Å². The highest BCUT2D eigenvalue weighted by atomic mass is 16.2. The lowest BCUT2D eigenvalue weighted by Crippen LogP contribution is -2.48. The summed E-state index contributed by atoms with van der Waals surface area (Å²) in [5, 5.41) is 0. The Labute approximate surface area is 208 Å². The molecular formula is C30H46N2O2. The molecule has 3 rings (SSSR count). The molecule has 0 amide bonds. The molecular weight excluding hydrogens is 420 g/mol. The van der Waals surface area contributed by atoms with Crippen molar-refractivity contribution in [2.24, 2.45) is 17.3 Å². The smallest absolute Gasteiger partial charge is 0.203 e. The molecule has 0 aromatic carbocycles. The summed E-state index contributed by atoms with van der Waals surface area (Å²) in [6.45, 7) is 10.1. The average molecular weight is 467 g/mol. The average Bonchev–Trinajstić information content (AvgIpc) is 3.20. The van der Waals surface area contributed by atoms with E-state index in [2.05, 4.69) is 47.8 Å². The number of hydrogen-bond donors (Lipinski definition) is 0. The Bertz CT molecular complexity index is 776. The third-order valence-corrected chi connectivity index (χ3v) is 8.47. The fourth-order valence-corrected chi connectivity index (χ4v) is 6.41. The van der Waals surface area contributed by atoms with Crippen LogP contribution in [0.15, 0.2) is 23.8 Å². The van der Waals surface area contributed by atoms with Crippen molar-refractivity contribution in [2.75, 3.05) is 39.3 Å². The first kappa shape index (κ1) is 26.9. The van der Waals surface area contributed by atoms with E-state index in [1.807, 2.05) is 0 Å². The predicted molar refractivity (Wildman–Crippen MR) is 140 cm³/mol. The maximum absolute atomic E-state index is 13.4. The maximum Gasteiger partial charge on any atom is 0.203 e. The van der Waals surface area contributed by atoms with Crippen LogP contribution in [0.5, 0.6) is 0 Å². The Morgan fingerprint density at radius 1 is 1.12 bits per heavy atom. The lowest BCUT2D eigenvalue weighted by molar-refractivity contribution is -0.141. The molecule has 0 radical (unpaired) electrons. The first-order chi connectivity index (χ1) is 16.5. The molecule has 34 heavy (non-hydrogen) atoms. The first-order valence-corrected chi connectivity index (χ1v) is 13.8. The van der Waals surface area contributed by atoms with Crippen LogP contribution in [0, 0.1) is 29.6 Å². The van der Waals surface area contributed by atoms with Crippen molar-refractivity contribution in [1.29, 1.82) is 0 Å². The molecule has 3 fully saturated rings. The number of nitrogens with zero attached hydrogens (tertiary/aromatic N) is 2. The molecule has 0 aromatic heterocycles. The molecule has 1 aliphatic carbocycles. The van der Waals surface area contributed by atoms with Crippen molar-refractivity contribution in [3.63, 3.8) is 0 Å². The van der Waals surface area contributed by atoms with Crippen LogP contribution in [-0.2, 0) is 9.59 Å². The Morgan fingerprint density at radius 2 is 1.85 bits per heavy atom. The highest BCUT2D eigenvalue weighted by Gasteiger charge is 2.52. The fraction of sp³-hybridized carbons (Fsp3) is 0.733. The van der Waals surface area contributed by atoms with E-state index in [-0.39, 0.29) is 22.9 Å². The molecule has 1 unspecified atom stereocenters. The van der Waals surface area contributed by atoms with Crippen LogP contribution in [0.2, 0.25) is 0 Å². The van der Waals surface area contributed by atoms with E-state index in [0.717, 1.165) is 51.4 Å². The number of allylic oxidation sites excluding steroid dienone is 2. The van der Waals surface area contributed by atoms with Gasteiger partial charge in [0.15, 0.2) is 5.78 Å². The van der Waals surface area contributed by atoms with Gasteiger partial charge in [-0.3, -0.25) is 14.5 Å². The van der Waals surface area contributed by atoms with E-state index in [9.17, 15) is 9.59 Å². The lowest BCUT2D eigenvalue weighted by atomic mass is 9.68. The van der Waals surface area contributed by atoms with Gasteiger partial charge in [-0.1, -0.05) is 44.4 Å². The number of likely N-dealkylation sites (tertiary alicyclic amines) is 2. The van der Waals surface area contributed by atoms with E-state index in [1.54, 1.807) is 0 Å². The quantitative estimate of drug-likeness (QED) is 0.176. The zero-order chi connectivity index (χ0) is 24.4. The SMILES string of the molecule is C#CCCCC(=O)C(=O)C1CN(CC(/C=C\CC)=C/C)CC12CCN(CC1CCCCC1)CC2. The molecule has 1 atom stereocenters. The van der Waals surface area contributed by atoms with Gasteiger partial charge in [-0.05, 0) is 75.4 Å². The summed E-state index contributed by atoms with van der Waals surface area (Å²) in [5.41, 5.74) is 1.23. The van der Waals surface area contributed by atoms with Crippen LogP contribution < -0.4 is 0 Å². The second-order valence-electron chi connectivity index (χ2n) is 10.9. The minimum atomic E-state index is -0.205. The van der Waals surface area contributed by atoms with E-state index in [1.165, 1.54) is 44.2 Å². The topological polar surface area (TPSA) is 40.6 Å². The maximum atomic E-state index is 13.4. The van der Waals surface area contributed by atoms with E-state index in [0.29, 0.717) is 25.8 Å². The molecule has 1 saturated carbocycles. The summed E-state index contributed by atoms with van der Waals surface area (Å²) in [5.74, 6) is 2.93. The number of ketones is 2. The van der Waals surface area contributed by atoms with Crippen molar-refractivity contribution in [2.45, 2.75) is 84.5 Å². The Hall–Kier alpha value is -1.70.